The maximum Gasteiger partial charge on any atom is 0.272 e. The number of carbonyl (C=O) groups excluding carboxylic acids is 1. The molecule has 1 N–H and O–H groups in total. The van der Waals surface area contributed by atoms with Crippen LogP contribution in [0.1, 0.15) is 27.0 Å². The summed E-state index contributed by atoms with van der Waals surface area (Å²) in [5.74, 6) is 0.474. The van der Waals surface area contributed by atoms with Crippen LogP contribution in [0, 0.1) is 6.92 Å². The van der Waals surface area contributed by atoms with Crippen LogP contribution in [0.4, 0.5) is 0 Å². The molecule has 136 valence electrons. The maximum atomic E-state index is 12.1. The molecule has 0 unspecified atom stereocenters. The van der Waals surface area contributed by atoms with E-state index in [1.165, 1.54) is 5.56 Å². The van der Waals surface area contributed by atoms with E-state index in [-0.39, 0.29) is 5.91 Å². The number of amides is 1. The third-order valence-electron chi connectivity index (χ3n) is 3.88. The smallest absolute Gasteiger partial charge is 0.272 e. The lowest BCUT2D eigenvalue weighted by atomic mass is 10.2. The van der Waals surface area contributed by atoms with Crippen molar-refractivity contribution in [2.24, 2.45) is 5.10 Å². The zero-order valence-electron chi connectivity index (χ0n) is 14.9. The molecule has 0 saturated carbocycles. The van der Waals surface area contributed by atoms with Gasteiger partial charge < -0.3 is 4.74 Å². The number of benzene rings is 3. The van der Waals surface area contributed by atoms with Crippen molar-refractivity contribution >= 4 is 28.1 Å². The number of hydrogen-bond acceptors (Lipinski definition) is 3. The Balaban J connectivity index is 1.58. The van der Waals surface area contributed by atoms with Gasteiger partial charge in [0.1, 0.15) is 12.4 Å². The van der Waals surface area contributed by atoms with Crippen LogP contribution in [-0.2, 0) is 6.61 Å². The highest BCUT2D eigenvalue weighted by Crippen LogP contribution is 2.16. The largest absolute Gasteiger partial charge is 0.489 e. The minimum Gasteiger partial charge on any atom is -0.489 e. The van der Waals surface area contributed by atoms with Crippen molar-refractivity contribution in [1.29, 1.82) is 0 Å². The van der Waals surface area contributed by atoms with Gasteiger partial charge in [0.2, 0.25) is 0 Å². The fraction of sp³-hybridized carbons (Fsp3) is 0.0909. The van der Waals surface area contributed by atoms with Crippen molar-refractivity contribution in [3.8, 4) is 5.75 Å². The summed E-state index contributed by atoms with van der Waals surface area (Å²) < 4.78 is 6.56. The quantitative estimate of drug-likeness (QED) is 0.443. The first-order valence-electron chi connectivity index (χ1n) is 8.48. The number of halogens is 1. The first-order valence-corrected chi connectivity index (χ1v) is 9.27. The number of hydrazone groups is 1. The van der Waals surface area contributed by atoms with Crippen LogP contribution in [0.5, 0.6) is 5.75 Å². The topological polar surface area (TPSA) is 50.7 Å². The zero-order valence-corrected chi connectivity index (χ0v) is 16.4. The van der Waals surface area contributed by atoms with Gasteiger partial charge in [0.15, 0.2) is 0 Å². The molecule has 0 atom stereocenters. The number of ether oxygens (including phenoxy) is 1. The van der Waals surface area contributed by atoms with Crippen LogP contribution in [0.2, 0.25) is 0 Å². The van der Waals surface area contributed by atoms with Crippen molar-refractivity contribution in [3.05, 3.63) is 99.5 Å². The second-order valence-corrected chi connectivity index (χ2v) is 6.88. The third-order valence-corrected chi connectivity index (χ3v) is 4.57. The van der Waals surface area contributed by atoms with E-state index in [1.54, 1.807) is 18.3 Å². The molecule has 0 aliphatic carbocycles. The Morgan fingerprint density at radius 1 is 1.07 bits per heavy atom. The lowest BCUT2D eigenvalue weighted by molar-refractivity contribution is 0.0954. The highest BCUT2D eigenvalue weighted by Gasteiger charge is 2.07. The van der Waals surface area contributed by atoms with Crippen LogP contribution < -0.4 is 10.2 Å². The zero-order chi connectivity index (χ0) is 19.1. The molecular formula is C22H19BrN2O2. The van der Waals surface area contributed by atoms with Gasteiger partial charge in [0, 0.05) is 4.47 Å². The molecule has 4 nitrogen and oxygen atoms in total. The predicted molar refractivity (Wildman–Crippen MR) is 111 cm³/mol. The summed E-state index contributed by atoms with van der Waals surface area (Å²) in [4.78, 5) is 12.1. The Hall–Kier alpha value is -2.92. The summed E-state index contributed by atoms with van der Waals surface area (Å²) in [5.41, 5.74) is 6.23. The fourth-order valence-electron chi connectivity index (χ4n) is 2.41. The number of rotatable bonds is 6. The summed E-state index contributed by atoms with van der Waals surface area (Å²) >= 11 is 3.35. The molecule has 0 aromatic heterocycles. The van der Waals surface area contributed by atoms with Gasteiger partial charge in [0.05, 0.1) is 11.8 Å². The van der Waals surface area contributed by atoms with Gasteiger partial charge >= 0.3 is 0 Å². The minimum atomic E-state index is -0.273. The summed E-state index contributed by atoms with van der Waals surface area (Å²) in [6.45, 7) is 2.56. The number of hydrogen-bond donors (Lipinski definition) is 1. The molecule has 0 bridgehead atoms. The summed E-state index contributed by atoms with van der Waals surface area (Å²) in [7, 11) is 0. The Kier molecular flexibility index (Phi) is 6.39. The Morgan fingerprint density at radius 3 is 2.63 bits per heavy atom. The van der Waals surface area contributed by atoms with Gasteiger partial charge in [-0.3, -0.25) is 4.79 Å². The lowest BCUT2D eigenvalue weighted by Crippen LogP contribution is -2.18. The molecule has 5 heteroatoms. The van der Waals surface area contributed by atoms with Crippen LogP contribution in [0.25, 0.3) is 0 Å². The summed E-state index contributed by atoms with van der Waals surface area (Å²) in [6.07, 6.45) is 1.59. The third kappa shape index (κ3) is 5.53. The van der Waals surface area contributed by atoms with Crippen molar-refractivity contribution in [2.75, 3.05) is 0 Å². The molecular weight excluding hydrogens is 404 g/mol. The second-order valence-electron chi connectivity index (χ2n) is 6.03. The standard InChI is InChI=1S/C22H19BrN2O2/c1-16-9-11-17(12-10-16)15-27-19-6-4-5-18(13-19)14-24-25-22(26)20-7-2-3-8-21(20)23/h2-14H,15H2,1H3,(H,25,26)/b24-14+. The van der Waals surface area contributed by atoms with Crippen LogP contribution in [0.3, 0.4) is 0 Å². The summed E-state index contributed by atoms with van der Waals surface area (Å²) in [6, 6.07) is 23.0. The van der Waals surface area contributed by atoms with Gasteiger partial charge in [0.25, 0.3) is 5.91 Å². The highest BCUT2D eigenvalue weighted by molar-refractivity contribution is 9.10. The van der Waals surface area contributed by atoms with Crippen LogP contribution in [-0.4, -0.2) is 12.1 Å². The maximum absolute atomic E-state index is 12.1. The van der Waals surface area contributed by atoms with Crippen molar-refractivity contribution in [3.63, 3.8) is 0 Å². The summed E-state index contributed by atoms with van der Waals surface area (Å²) in [5, 5.41) is 4.03. The van der Waals surface area contributed by atoms with Crippen LogP contribution in [0.15, 0.2) is 82.4 Å². The van der Waals surface area contributed by atoms with E-state index in [0.717, 1.165) is 21.3 Å². The van der Waals surface area contributed by atoms with Crippen LogP contribution >= 0.6 is 15.9 Å². The Labute approximate surface area is 167 Å². The molecule has 0 heterocycles. The van der Waals surface area contributed by atoms with E-state index in [4.69, 9.17) is 4.74 Å². The normalized spacial score (nSPS) is 10.7. The molecule has 3 rings (SSSR count). The van der Waals surface area contributed by atoms with Gasteiger partial charge in [-0.15, -0.1) is 0 Å². The van der Waals surface area contributed by atoms with E-state index in [2.05, 4.69) is 57.6 Å². The molecule has 1 amide bonds. The molecule has 3 aromatic carbocycles. The van der Waals surface area contributed by atoms with E-state index in [9.17, 15) is 4.79 Å². The highest BCUT2D eigenvalue weighted by atomic mass is 79.9. The molecule has 27 heavy (non-hydrogen) atoms. The van der Waals surface area contributed by atoms with E-state index < -0.39 is 0 Å². The average molecular weight is 423 g/mol. The van der Waals surface area contributed by atoms with E-state index in [1.807, 2.05) is 36.4 Å². The Morgan fingerprint density at radius 2 is 1.85 bits per heavy atom. The van der Waals surface area contributed by atoms with Gasteiger partial charge in [-0.1, -0.05) is 54.1 Å². The molecule has 0 spiro atoms. The van der Waals surface area contributed by atoms with Crippen molar-refractivity contribution < 1.29 is 9.53 Å². The Bertz CT molecular complexity index is 953. The SMILES string of the molecule is Cc1ccc(COc2cccc(/C=N/NC(=O)c3ccccc3Br)c2)cc1. The van der Waals surface area contributed by atoms with E-state index in [0.29, 0.717) is 12.2 Å². The molecule has 0 aliphatic heterocycles. The van der Waals surface area contributed by atoms with Crippen molar-refractivity contribution in [2.45, 2.75) is 13.5 Å². The van der Waals surface area contributed by atoms with Gasteiger partial charge in [-0.2, -0.15) is 5.10 Å². The first-order chi connectivity index (χ1) is 13.1. The van der Waals surface area contributed by atoms with Gasteiger partial charge in [-0.25, -0.2) is 5.43 Å². The number of carbonyl (C=O) groups is 1. The second kappa shape index (κ2) is 9.14. The van der Waals surface area contributed by atoms with Gasteiger partial charge in [-0.05, 0) is 58.2 Å². The first kappa shape index (κ1) is 18.9. The minimum absolute atomic E-state index is 0.273. The molecule has 0 fully saturated rings. The molecule has 3 aromatic rings. The van der Waals surface area contributed by atoms with Crippen molar-refractivity contribution in [1.82, 2.24) is 5.43 Å². The number of aryl methyl sites for hydroxylation is 1. The monoisotopic (exact) mass is 422 g/mol. The fourth-order valence-corrected chi connectivity index (χ4v) is 2.87. The van der Waals surface area contributed by atoms with E-state index >= 15 is 0 Å². The predicted octanol–water partition coefficient (Wildman–Crippen LogP) is 5.10. The lowest BCUT2D eigenvalue weighted by Gasteiger charge is -2.07. The number of nitrogens with zero attached hydrogens (tertiary/aromatic N) is 1. The molecule has 0 aliphatic rings. The number of nitrogens with one attached hydrogen (secondary N) is 1. The average Bonchev–Trinajstić information content (AvgIpc) is 2.68. The molecule has 0 saturated heterocycles. The molecule has 0 radical (unpaired) electrons.